The molecule has 1 aliphatic heterocycles. The molecule has 2 N–H and O–H groups in total. The molecule has 0 aliphatic carbocycles. The van der Waals surface area contributed by atoms with Crippen molar-refractivity contribution in [3.05, 3.63) is 23.8 Å². The molecule has 1 aromatic rings. The molecular weight excluding hydrogens is 268 g/mol. The number of hydrogen-bond donors (Lipinski definition) is 2. The average molecular weight is 292 g/mol. The van der Waals surface area contributed by atoms with Gasteiger partial charge in [0.25, 0.3) is 0 Å². The summed E-state index contributed by atoms with van der Waals surface area (Å²) in [5, 5.41) is 5.83. The molecule has 0 unspecified atom stereocenters. The summed E-state index contributed by atoms with van der Waals surface area (Å²) >= 11 is 0. The number of carbonyl (C=O) groups excluding carboxylic acids is 1. The van der Waals surface area contributed by atoms with E-state index in [0.29, 0.717) is 19.1 Å². The zero-order valence-corrected chi connectivity index (χ0v) is 12.9. The number of carbonyl (C=O) groups is 1. The topological polar surface area (TPSA) is 59.6 Å². The molecule has 1 aromatic carbocycles. The number of benzene rings is 1. The Hall–Kier alpha value is -1.91. The van der Waals surface area contributed by atoms with E-state index in [2.05, 4.69) is 24.5 Å². The average Bonchev–Trinajstić information content (AvgIpc) is 2.46. The fourth-order valence-corrected chi connectivity index (χ4v) is 2.30. The number of rotatable bonds is 5. The van der Waals surface area contributed by atoms with E-state index in [1.807, 2.05) is 18.2 Å². The Kier molecular flexibility index (Phi) is 5.31. The summed E-state index contributed by atoms with van der Waals surface area (Å²) in [4.78, 5) is 11.8. The molecule has 0 aromatic heterocycles. The van der Waals surface area contributed by atoms with Gasteiger partial charge < -0.3 is 20.1 Å². The van der Waals surface area contributed by atoms with Crippen molar-refractivity contribution in [2.75, 3.05) is 20.3 Å². The molecule has 0 radical (unpaired) electrons. The predicted octanol–water partition coefficient (Wildman–Crippen LogP) is 2.34. The van der Waals surface area contributed by atoms with Crippen LogP contribution in [0.5, 0.6) is 11.5 Å². The third-order valence-corrected chi connectivity index (χ3v) is 3.52. The molecule has 1 aliphatic rings. The molecule has 116 valence electrons. The SMILES string of the molecule is COc1ccc2c(c1)C[C@@H](NC(=O)NCCC(C)C)CO2. The highest BCUT2D eigenvalue weighted by molar-refractivity contribution is 5.74. The second-order valence-electron chi connectivity index (χ2n) is 5.77. The van der Waals surface area contributed by atoms with Gasteiger partial charge in [-0.15, -0.1) is 0 Å². The van der Waals surface area contributed by atoms with Crippen molar-refractivity contribution in [3.63, 3.8) is 0 Å². The number of amides is 2. The van der Waals surface area contributed by atoms with E-state index in [1.165, 1.54) is 0 Å². The Labute approximate surface area is 126 Å². The maximum absolute atomic E-state index is 11.8. The molecule has 0 fully saturated rings. The van der Waals surface area contributed by atoms with Crippen molar-refractivity contribution in [1.82, 2.24) is 10.6 Å². The minimum Gasteiger partial charge on any atom is -0.497 e. The Morgan fingerprint density at radius 3 is 3.00 bits per heavy atom. The molecule has 1 atom stereocenters. The minimum absolute atomic E-state index is 0.0105. The molecule has 1 heterocycles. The zero-order chi connectivity index (χ0) is 15.2. The number of nitrogens with one attached hydrogen (secondary N) is 2. The summed E-state index contributed by atoms with van der Waals surface area (Å²) in [5.41, 5.74) is 1.06. The molecule has 2 rings (SSSR count). The fourth-order valence-electron chi connectivity index (χ4n) is 2.30. The predicted molar refractivity (Wildman–Crippen MR) is 82.0 cm³/mol. The van der Waals surface area contributed by atoms with Crippen LogP contribution in [-0.4, -0.2) is 32.3 Å². The largest absolute Gasteiger partial charge is 0.497 e. The molecular formula is C16H24N2O3. The summed E-state index contributed by atoms with van der Waals surface area (Å²) in [6.45, 7) is 5.47. The maximum Gasteiger partial charge on any atom is 0.315 e. The highest BCUT2D eigenvalue weighted by Gasteiger charge is 2.21. The van der Waals surface area contributed by atoms with E-state index in [-0.39, 0.29) is 12.1 Å². The first-order chi connectivity index (χ1) is 10.1. The third-order valence-electron chi connectivity index (χ3n) is 3.52. The van der Waals surface area contributed by atoms with E-state index >= 15 is 0 Å². The number of methoxy groups -OCH3 is 1. The lowest BCUT2D eigenvalue weighted by atomic mass is 10.0. The summed E-state index contributed by atoms with van der Waals surface area (Å²) in [7, 11) is 1.64. The van der Waals surface area contributed by atoms with Crippen LogP contribution < -0.4 is 20.1 Å². The molecule has 0 bridgehead atoms. The van der Waals surface area contributed by atoms with Gasteiger partial charge >= 0.3 is 6.03 Å². The van der Waals surface area contributed by atoms with E-state index in [9.17, 15) is 4.79 Å². The van der Waals surface area contributed by atoms with E-state index in [1.54, 1.807) is 7.11 Å². The molecule has 5 heteroatoms. The Balaban J connectivity index is 1.84. The molecule has 2 amide bonds. The smallest absolute Gasteiger partial charge is 0.315 e. The van der Waals surface area contributed by atoms with Crippen LogP contribution in [0.25, 0.3) is 0 Å². The molecule has 0 spiro atoms. The van der Waals surface area contributed by atoms with Crippen LogP contribution in [0.15, 0.2) is 18.2 Å². The van der Waals surface area contributed by atoms with Gasteiger partial charge in [-0.1, -0.05) is 13.8 Å². The normalized spacial score (nSPS) is 16.9. The number of ether oxygens (including phenoxy) is 2. The van der Waals surface area contributed by atoms with Gasteiger partial charge in [-0.2, -0.15) is 0 Å². The standard InChI is InChI=1S/C16H24N2O3/c1-11(2)6-7-17-16(19)18-13-8-12-9-14(20-3)4-5-15(12)21-10-13/h4-5,9,11,13H,6-8,10H2,1-3H3,(H2,17,18,19)/t13-/m1/s1. The van der Waals surface area contributed by atoms with Crippen LogP contribution in [0.4, 0.5) is 4.79 Å². The monoisotopic (exact) mass is 292 g/mol. The molecule has 0 saturated carbocycles. The zero-order valence-electron chi connectivity index (χ0n) is 12.9. The van der Waals surface area contributed by atoms with Crippen molar-refractivity contribution in [3.8, 4) is 11.5 Å². The van der Waals surface area contributed by atoms with Gasteiger partial charge in [0.15, 0.2) is 0 Å². The Morgan fingerprint density at radius 2 is 2.29 bits per heavy atom. The van der Waals surface area contributed by atoms with Crippen molar-refractivity contribution in [2.45, 2.75) is 32.7 Å². The van der Waals surface area contributed by atoms with Gasteiger partial charge in [-0.05, 0) is 42.5 Å². The summed E-state index contributed by atoms with van der Waals surface area (Å²) in [6, 6.07) is 5.61. The summed E-state index contributed by atoms with van der Waals surface area (Å²) in [5.74, 6) is 2.26. The summed E-state index contributed by atoms with van der Waals surface area (Å²) < 4.78 is 10.9. The van der Waals surface area contributed by atoms with Crippen LogP contribution >= 0.6 is 0 Å². The van der Waals surface area contributed by atoms with Crippen LogP contribution in [0.2, 0.25) is 0 Å². The second-order valence-corrected chi connectivity index (χ2v) is 5.77. The second kappa shape index (κ2) is 7.20. The first-order valence-corrected chi connectivity index (χ1v) is 7.42. The van der Waals surface area contributed by atoms with Gasteiger partial charge in [-0.3, -0.25) is 0 Å². The van der Waals surface area contributed by atoms with E-state index < -0.39 is 0 Å². The first-order valence-electron chi connectivity index (χ1n) is 7.42. The Morgan fingerprint density at radius 1 is 1.48 bits per heavy atom. The first kappa shape index (κ1) is 15.5. The summed E-state index contributed by atoms with van der Waals surface area (Å²) in [6.07, 6.45) is 1.73. The van der Waals surface area contributed by atoms with Crippen molar-refractivity contribution >= 4 is 6.03 Å². The van der Waals surface area contributed by atoms with Crippen LogP contribution in [0, 0.1) is 5.92 Å². The number of fused-ring (bicyclic) bond motifs is 1. The Bertz CT molecular complexity index is 488. The molecule has 0 saturated heterocycles. The minimum atomic E-state index is -0.129. The quantitative estimate of drug-likeness (QED) is 0.875. The number of urea groups is 1. The van der Waals surface area contributed by atoms with Crippen LogP contribution in [0.1, 0.15) is 25.8 Å². The van der Waals surface area contributed by atoms with Gasteiger partial charge in [0.05, 0.1) is 13.2 Å². The van der Waals surface area contributed by atoms with Gasteiger partial charge in [0, 0.05) is 6.54 Å². The van der Waals surface area contributed by atoms with Crippen molar-refractivity contribution < 1.29 is 14.3 Å². The van der Waals surface area contributed by atoms with Crippen LogP contribution in [-0.2, 0) is 6.42 Å². The van der Waals surface area contributed by atoms with Gasteiger partial charge in [-0.25, -0.2) is 4.79 Å². The van der Waals surface area contributed by atoms with E-state index in [0.717, 1.165) is 29.9 Å². The van der Waals surface area contributed by atoms with Crippen molar-refractivity contribution in [1.29, 1.82) is 0 Å². The van der Waals surface area contributed by atoms with Gasteiger partial charge in [0.1, 0.15) is 18.1 Å². The highest BCUT2D eigenvalue weighted by atomic mass is 16.5. The lowest BCUT2D eigenvalue weighted by Gasteiger charge is -2.26. The third kappa shape index (κ3) is 4.55. The maximum atomic E-state index is 11.8. The lowest BCUT2D eigenvalue weighted by molar-refractivity contribution is 0.214. The lowest BCUT2D eigenvalue weighted by Crippen LogP contribution is -2.47. The molecule has 5 nitrogen and oxygen atoms in total. The molecule has 21 heavy (non-hydrogen) atoms. The fraction of sp³-hybridized carbons (Fsp3) is 0.562. The highest BCUT2D eigenvalue weighted by Crippen LogP contribution is 2.28. The van der Waals surface area contributed by atoms with Gasteiger partial charge in [0.2, 0.25) is 0 Å². The van der Waals surface area contributed by atoms with Crippen LogP contribution in [0.3, 0.4) is 0 Å². The van der Waals surface area contributed by atoms with E-state index in [4.69, 9.17) is 9.47 Å². The van der Waals surface area contributed by atoms with Crippen molar-refractivity contribution in [2.24, 2.45) is 5.92 Å². The number of hydrogen-bond acceptors (Lipinski definition) is 3.